The van der Waals surface area contributed by atoms with Crippen LogP contribution in [0.15, 0.2) is 24.5 Å². The Kier molecular flexibility index (Phi) is 5.46. The molecule has 2 aromatic rings. The van der Waals surface area contributed by atoms with Crippen LogP contribution in [0.2, 0.25) is 0 Å². The van der Waals surface area contributed by atoms with Gasteiger partial charge < -0.3 is 10.6 Å². The summed E-state index contributed by atoms with van der Waals surface area (Å²) in [6.07, 6.45) is 3.24. The zero-order valence-corrected chi connectivity index (χ0v) is 13.6. The fourth-order valence-electron chi connectivity index (χ4n) is 2.34. The first-order chi connectivity index (χ1) is 11.0. The van der Waals surface area contributed by atoms with E-state index in [4.69, 9.17) is 0 Å². The van der Waals surface area contributed by atoms with Gasteiger partial charge in [0.05, 0.1) is 4.92 Å². The van der Waals surface area contributed by atoms with Gasteiger partial charge in [0, 0.05) is 12.2 Å². The Morgan fingerprint density at radius 2 is 1.78 bits per heavy atom. The largest absolute Gasteiger partial charge is 0.364 e. The average molecular weight is 315 g/mol. The van der Waals surface area contributed by atoms with Crippen molar-refractivity contribution in [2.45, 2.75) is 33.6 Å². The van der Waals surface area contributed by atoms with Crippen molar-refractivity contribution in [1.29, 1.82) is 0 Å². The molecular formula is C16H21N5O2. The molecule has 0 radical (unpaired) electrons. The molecule has 7 nitrogen and oxygen atoms in total. The van der Waals surface area contributed by atoms with E-state index in [0.717, 1.165) is 29.7 Å². The minimum atomic E-state index is -0.459. The molecule has 7 heteroatoms. The molecule has 0 spiro atoms. The lowest BCUT2D eigenvalue weighted by atomic mass is 10.1. The van der Waals surface area contributed by atoms with Gasteiger partial charge in [-0.3, -0.25) is 10.1 Å². The molecule has 0 aliphatic rings. The minimum absolute atomic E-state index is 0.136. The molecule has 0 fully saturated rings. The van der Waals surface area contributed by atoms with E-state index < -0.39 is 4.92 Å². The van der Waals surface area contributed by atoms with Crippen molar-refractivity contribution in [3.63, 3.8) is 0 Å². The van der Waals surface area contributed by atoms with E-state index in [0.29, 0.717) is 6.54 Å². The van der Waals surface area contributed by atoms with E-state index in [1.165, 1.54) is 6.33 Å². The van der Waals surface area contributed by atoms with Crippen LogP contribution in [-0.2, 0) is 0 Å². The van der Waals surface area contributed by atoms with Crippen LogP contribution in [0, 0.1) is 24.0 Å². The van der Waals surface area contributed by atoms with Crippen LogP contribution in [0.5, 0.6) is 0 Å². The van der Waals surface area contributed by atoms with Crippen LogP contribution in [0.25, 0.3) is 0 Å². The molecule has 1 heterocycles. The number of nitrogens with one attached hydrogen (secondary N) is 2. The molecule has 2 N–H and O–H groups in total. The van der Waals surface area contributed by atoms with Gasteiger partial charge in [0.15, 0.2) is 0 Å². The molecule has 0 saturated carbocycles. The quantitative estimate of drug-likeness (QED) is 0.456. The highest BCUT2D eigenvalue weighted by Gasteiger charge is 2.22. The molecule has 1 aromatic carbocycles. The van der Waals surface area contributed by atoms with Crippen LogP contribution >= 0.6 is 0 Å². The summed E-state index contributed by atoms with van der Waals surface area (Å²) < 4.78 is 0. The number of aromatic nitrogens is 2. The summed E-state index contributed by atoms with van der Waals surface area (Å²) in [5.74, 6) is 0.430. The molecule has 0 atom stereocenters. The van der Waals surface area contributed by atoms with Gasteiger partial charge in [-0.15, -0.1) is 0 Å². The van der Waals surface area contributed by atoms with Gasteiger partial charge in [-0.05, 0) is 43.5 Å². The number of hydrogen-bond acceptors (Lipinski definition) is 6. The van der Waals surface area contributed by atoms with Gasteiger partial charge in [-0.1, -0.05) is 19.4 Å². The minimum Gasteiger partial charge on any atom is -0.364 e. The topological polar surface area (TPSA) is 93.0 Å². The number of aryl methyl sites for hydroxylation is 2. The van der Waals surface area contributed by atoms with Gasteiger partial charge in [0.2, 0.25) is 11.6 Å². The first kappa shape index (κ1) is 16.7. The Bertz CT molecular complexity index is 683. The van der Waals surface area contributed by atoms with Crippen molar-refractivity contribution in [2.75, 3.05) is 17.2 Å². The Balaban J connectivity index is 2.33. The monoisotopic (exact) mass is 315 g/mol. The highest BCUT2D eigenvalue weighted by Crippen LogP contribution is 2.31. The summed E-state index contributed by atoms with van der Waals surface area (Å²) in [7, 11) is 0. The molecule has 122 valence electrons. The molecule has 1 aromatic heterocycles. The summed E-state index contributed by atoms with van der Waals surface area (Å²) in [5, 5.41) is 17.5. The van der Waals surface area contributed by atoms with Crippen LogP contribution in [-0.4, -0.2) is 21.4 Å². The van der Waals surface area contributed by atoms with Crippen LogP contribution < -0.4 is 10.6 Å². The number of nitro groups is 1. The van der Waals surface area contributed by atoms with E-state index >= 15 is 0 Å². The molecular weight excluding hydrogens is 294 g/mol. The summed E-state index contributed by atoms with van der Waals surface area (Å²) >= 11 is 0. The van der Waals surface area contributed by atoms with Crippen molar-refractivity contribution in [3.05, 3.63) is 45.8 Å². The number of unbranched alkanes of at least 4 members (excludes halogenated alkanes) is 1. The van der Waals surface area contributed by atoms with Gasteiger partial charge in [-0.25, -0.2) is 9.97 Å². The smallest absolute Gasteiger partial charge is 0.353 e. The fourth-order valence-corrected chi connectivity index (χ4v) is 2.34. The number of hydrogen-bond donors (Lipinski definition) is 2. The van der Waals surface area contributed by atoms with Crippen molar-refractivity contribution in [2.24, 2.45) is 0 Å². The predicted molar refractivity (Wildman–Crippen MR) is 91.3 cm³/mol. The lowest BCUT2D eigenvalue weighted by molar-refractivity contribution is -0.383. The number of anilines is 3. The number of rotatable bonds is 7. The zero-order chi connectivity index (χ0) is 16.8. The molecule has 0 unspecified atom stereocenters. The number of nitrogens with zero attached hydrogens (tertiary/aromatic N) is 3. The Morgan fingerprint density at radius 1 is 1.13 bits per heavy atom. The van der Waals surface area contributed by atoms with E-state index in [1.807, 2.05) is 32.0 Å². The maximum absolute atomic E-state index is 11.4. The van der Waals surface area contributed by atoms with Crippen LogP contribution in [0.1, 0.15) is 30.9 Å². The van der Waals surface area contributed by atoms with Crippen molar-refractivity contribution in [3.8, 4) is 0 Å². The van der Waals surface area contributed by atoms with Crippen LogP contribution in [0.3, 0.4) is 0 Å². The Labute approximate surface area is 135 Å². The highest BCUT2D eigenvalue weighted by molar-refractivity contribution is 5.74. The highest BCUT2D eigenvalue weighted by atomic mass is 16.6. The fraction of sp³-hybridized carbons (Fsp3) is 0.375. The molecule has 0 amide bonds. The second-order valence-electron chi connectivity index (χ2n) is 5.46. The third-order valence-corrected chi connectivity index (χ3v) is 3.31. The van der Waals surface area contributed by atoms with Gasteiger partial charge in [0.25, 0.3) is 0 Å². The second-order valence-corrected chi connectivity index (χ2v) is 5.46. The third-order valence-electron chi connectivity index (χ3n) is 3.31. The molecule has 0 aliphatic carbocycles. The zero-order valence-electron chi connectivity index (χ0n) is 13.6. The van der Waals surface area contributed by atoms with Crippen molar-refractivity contribution in [1.82, 2.24) is 9.97 Å². The summed E-state index contributed by atoms with van der Waals surface area (Å²) in [5.41, 5.74) is 2.78. The maximum Gasteiger partial charge on any atom is 0.353 e. The maximum atomic E-state index is 11.4. The Morgan fingerprint density at radius 3 is 2.39 bits per heavy atom. The average Bonchev–Trinajstić information content (AvgIpc) is 2.46. The lowest BCUT2D eigenvalue weighted by Gasteiger charge is -2.11. The standard InChI is InChI=1S/C16H21N5O2/c1-4-5-6-17-15-14(21(22)23)16(19-10-18-15)20-13-8-11(2)7-12(3)9-13/h7-10H,4-6H2,1-3H3,(H2,17,18,19,20). The first-order valence-corrected chi connectivity index (χ1v) is 7.60. The van der Waals surface area contributed by atoms with Gasteiger partial charge in [-0.2, -0.15) is 0 Å². The van der Waals surface area contributed by atoms with E-state index in [9.17, 15) is 10.1 Å². The predicted octanol–water partition coefficient (Wildman–Crippen LogP) is 3.96. The molecule has 23 heavy (non-hydrogen) atoms. The van der Waals surface area contributed by atoms with Gasteiger partial charge >= 0.3 is 5.69 Å². The van der Waals surface area contributed by atoms with E-state index in [-0.39, 0.29) is 17.3 Å². The molecule has 0 saturated heterocycles. The summed E-state index contributed by atoms with van der Waals surface area (Å²) in [6.45, 7) is 6.65. The first-order valence-electron chi connectivity index (χ1n) is 7.60. The SMILES string of the molecule is CCCCNc1ncnc(Nc2cc(C)cc(C)c2)c1[N+](=O)[O-]. The molecule has 0 bridgehead atoms. The van der Waals surface area contributed by atoms with Crippen LogP contribution in [0.4, 0.5) is 23.0 Å². The lowest BCUT2D eigenvalue weighted by Crippen LogP contribution is -2.09. The molecule has 2 rings (SSSR count). The number of benzene rings is 1. The van der Waals surface area contributed by atoms with Crippen molar-refractivity contribution < 1.29 is 4.92 Å². The summed E-state index contributed by atoms with van der Waals surface area (Å²) in [6, 6.07) is 5.88. The van der Waals surface area contributed by atoms with Crippen molar-refractivity contribution >= 4 is 23.0 Å². The second kappa shape index (κ2) is 7.53. The van der Waals surface area contributed by atoms with Gasteiger partial charge in [0.1, 0.15) is 6.33 Å². The summed E-state index contributed by atoms with van der Waals surface area (Å²) in [4.78, 5) is 19.0. The van der Waals surface area contributed by atoms with E-state index in [2.05, 4.69) is 27.5 Å². The normalized spacial score (nSPS) is 10.4. The molecule has 0 aliphatic heterocycles. The van der Waals surface area contributed by atoms with E-state index in [1.54, 1.807) is 0 Å². The Hall–Kier alpha value is -2.70. The third kappa shape index (κ3) is 4.38.